The van der Waals surface area contributed by atoms with Crippen molar-refractivity contribution < 1.29 is 23.9 Å². The number of fused-ring (bicyclic) bond motifs is 4. The Bertz CT molecular complexity index is 893. The molecular weight excluding hydrogens is 350 g/mol. The number of rotatable bonds is 2. The van der Waals surface area contributed by atoms with Crippen molar-refractivity contribution in [3.8, 4) is 11.4 Å². The highest BCUT2D eigenvalue weighted by atomic mass is 32.2. The molecule has 2 bridgehead atoms. The zero-order valence-corrected chi connectivity index (χ0v) is 13.9. The Morgan fingerprint density at radius 3 is 2.80 bits per heavy atom. The van der Waals surface area contributed by atoms with Crippen LogP contribution in [0.1, 0.15) is 10.5 Å². The molecule has 1 amide bonds. The number of thioether (sulfide) groups is 1. The summed E-state index contributed by atoms with van der Waals surface area (Å²) in [4.78, 5) is 48.7. The molecule has 1 atom stereocenters. The Hall–Kier alpha value is -3.08. The molecule has 0 saturated carbocycles. The summed E-state index contributed by atoms with van der Waals surface area (Å²) in [5.41, 5.74) is -0.0901. The summed E-state index contributed by atoms with van der Waals surface area (Å²) >= 11 is 0.812. The first-order valence-corrected chi connectivity index (χ1v) is 7.76. The van der Waals surface area contributed by atoms with Crippen molar-refractivity contribution in [1.29, 1.82) is 0 Å². The minimum atomic E-state index is -1.27. The van der Waals surface area contributed by atoms with Crippen LogP contribution in [0.5, 0.6) is 0 Å². The second-order valence-electron chi connectivity index (χ2n) is 4.68. The molecule has 1 N–H and O–H groups in total. The quantitative estimate of drug-likeness (QED) is 0.747. The third-order valence-electron chi connectivity index (χ3n) is 3.23. The van der Waals surface area contributed by atoms with E-state index in [1.807, 2.05) is 0 Å². The van der Waals surface area contributed by atoms with Crippen LogP contribution in [-0.2, 0) is 19.1 Å². The van der Waals surface area contributed by atoms with Gasteiger partial charge in [0.15, 0.2) is 16.8 Å². The number of esters is 2. The molecule has 11 heteroatoms. The van der Waals surface area contributed by atoms with Gasteiger partial charge in [-0.1, -0.05) is 11.8 Å². The van der Waals surface area contributed by atoms with Crippen molar-refractivity contribution in [2.45, 2.75) is 10.4 Å². The number of H-pyrrole nitrogens is 1. The Balaban J connectivity index is 2.23. The average molecular weight is 361 g/mol. The number of aromatic amines is 1. The minimum Gasteiger partial charge on any atom is -0.468 e. The molecule has 0 spiro atoms. The van der Waals surface area contributed by atoms with Crippen LogP contribution in [0, 0.1) is 0 Å². The minimum absolute atomic E-state index is 0.0397. The van der Waals surface area contributed by atoms with Crippen molar-refractivity contribution in [2.75, 3.05) is 14.2 Å². The summed E-state index contributed by atoms with van der Waals surface area (Å²) in [5.74, 6) is -2.26. The number of hydrogen-bond donors (Lipinski definition) is 1. The first-order valence-electron chi connectivity index (χ1n) is 6.88. The second-order valence-corrected chi connectivity index (χ2v) is 5.75. The van der Waals surface area contributed by atoms with Crippen molar-refractivity contribution in [3.05, 3.63) is 24.0 Å². The number of aromatic nitrogens is 4. The zero-order valence-electron chi connectivity index (χ0n) is 13.0. The lowest BCUT2D eigenvalue weighted by molar-refractivity contribution is -0.140. The number of hydrogen-bond acceptors (Lipinski definition) is 9. The Labute approximate surface area is 145 Å². The lowest BCUT2D eigenvalue weighted by Crippen LogP contribution is -2.36. The molecule has 3 heterocycles. The zero-order chi connectivity index (χ0) is 18.0. The number of nitrogens with zero attached hydrogens (tertiary/aromatic N) is 4. The normalized spacial score (nSPS) is 16.5. The number of carbonyl (C=O) groups is 3. The summed E-state index contributed by atoms with van der Waals surface area (Å²) in [6, 6.07) is 3.23. The summed E-state index contributed by atoms with van der Waals surface area (Å²) in [6.07, 6.45) is 1.40. The second kappa shape index (κ2) is 6.81. The average Bonchev–Trinajstić information content (AvgIpc) is 3.10. The largest absolute Gasteiger partial charge is 0.468 e. The molecule has 2 aromatic rings. The van der Waals surface area contributed by atoms with Crippen LogP contribution < -0.4 is 0 Å². The van der Waals surface area contributed by atoms with E-state index < -0.39 is 28.8 Å². The fraction of sp³-hybridized carbons (Fsp3) is 0.214. The lowest BCUT2D eigenvalue weighted by atomic mass is 10.1. The summed E-state index contributed by atoms with van der Waals surface area (Å²) < 4.78 is 9.34. The van der Waals surface area contributed by atoms with Crippen LogP contribution in [0.3, 0.4) is 0 Å². The lowest BCUT2D eigenvalue weighted by Gasteiger charge is -2.14. The number of amides is 1. The van der Waals surface area contributed by atoms with Gasteiger partial charge in [0, 0.05) is 6.20 Å². The Kier molecular flexibility index (Phi) is 4.57. The molecular formula is C14H11N5O5S. The van der Waals surface area contributed by atoms with Crippen LogP contribution in [0.4, 0.5) is 0 Å². The van der Waals surface area contributed by atoms with Crippen LogP contribution in [0.25, 0.3) is 11.4 Å². The van der Waals surface area contributed by atoms with Gasteiger partial charge in [-0.15, -0.1) is 5.10 Å². The molecule has 0 radical (unpaired) electrons. The van der Waals surface area contributed by atoms with E-state index in [1.54, 1.807) is 12.1 Å². The summed E-state index contributed by atoms with van der Waals surface area (Å²) in [7, 11) is 2.27. The highest BCUT2D eigenvalue weighted by Crippen LogP contribution is 2.28. The number of methoxy groups -OCH3 is 2. The number of pyridine rings is 1. The van der Waals surface area contributed by atoms with Crippen LogP contribution in [-0.4, -0.2) is 63.2 Å². The van der Waals surface area contributed by atoms with Crippen molar-refractivity contribution in [1.82, 2.24) is 20.2 Å². The maximum Gasteiger partial charge on any atom is 0.354 e. The van der Waals surface area contributed by atoms with Gasteiger partial charge in [-0.25, -0.2) is 14.8 Å². The number of aliphatic imine (C=N–C) groups is 1. The Morgan fingerprint density at radius 1 is 1.28 bits per heavy atom. The molecule has 0 aromatic carbocycles. The van der Waals surface area contributed by atoms with E-state index in [1.165, 1.54) is 6.20 Å². The molecule has 0 fully saturated rings. The van der Waals surface area contributed by atoms with Crippen LogP contribution in [0.15, 0.2) is 28.5 Å². The fourth-order valence-electron chi connectivity index (χ4n) is 2.09. The molecule has 0 aliphatic carbocycles. The SMILES string of the molecule is COC(=O)C1=NC(=O)c2ncccc2-c2nc(n[nH]2)S[C@H]1C(=O)OC. The molecule has 128 valence electrons. The van der Waals surface area contributed by atoms with E-state index in [9.17, 15) is 14.4 Å². The number of ether oxygens (including phenoxy) is 2. The monoisotopic (exact) mass is 361 g/mol. The first-order chi connectivity index (χ1) is 12.0. The maximum atomic E-state index is 12.5. The fourth-order valence-corrected chi connectivity index (χ4v) is 3.00. The van der Waals surface area contributed by atoms with E-state index in [-0.39, 0.29) is 10.9 Å². The maximum absolute atomic E-state index is 12.5. The van der Waals surface area contributed by atoms with Gasteiger partial charge in [0.2, 0.25) is 5.16 Å². The predicted octanol–water partition coefficient (Wildman–Crippen LogP) is 0.268. The predicted molar refractivity (Wildman–Crippen MR) is 85.1 cm³/mol. The van der Waals surface area contributed by atoms with Crippen molar-refractivity contribution >= 4 is 35.3 Å². The van der Waals surface area contributed by atoms with E-state index in [0.717, 1.165) is 26.0 Å². The number of carbonyl (C=O) groups excluding carboxylic acids is 3. The molecule has 0 unspecified atom stereocenters. The van der Waals surface area contributed by atoms with Gasteiger partial charge in [0.1, 0.15) is 5.69 Å². The molecule has 3 rings (SSSR count). The van der Waals surface area contributed by atoms with Crippen molar-refractivity contribution in [2.24, 2.45) is 4.99 Å². The van der Waals surface area contributed by atoms with Gasteiger partial charge >= 0.3 is 11.9 Å². The van der Waals surface area contributed by atoms with Gasteiger partial charge in [-0.3, -0.25) is 19.7 Å². The topological polar surface area (TPSA) is 136 Å². The molecule has 1 aliphatic heterocycles. The van der Waals surface area contributed by atoms with Crippen LogP contribution in [0.2, 0.25) is 0 Å². The number of nitrogens with one attached hydrogen (secondary N) is 1. The standard InChI is InChI=1S/C14H11N5O5S/c1-23-12(21)8-9(13(22)24-2)25-14-17-10(18-19-14)6-4-3-5-15-7(6)11(20)16-8/h3-5,9H,1-2H3,(H,17,18,19)/t9-/m1/s1. The summed E-state index contributed by atoms with van der Waals surface area (Å²) in [6.45, 7) is 0. The van der Waals surface area contributed by atoms with E-state index in [0.29, 0.717) is 11.4 Å². The third kappa shape index (κ3) is 3.13. The van der Waals surface area contributed by atoms with Crippen LogP contribution >= 0.6 is 11.8 Å². The highest BCUT2D eigenvalue weighted by molar-refractivity contribution is 8.01. The van der Waals surface area contributed by atoms with Gasteiger partial charge < -0.3 is 9.47 Å². The van der Waals surface area contributed by atoms with Crippen molar-refractivity contribution in [3.63, 3.8) is 0 Å². The Morgan fingerprint density at radius 2 is 2.08 bits per heavy atom. The van der Waals surface area contributed by atoms with E-state index in [2.05, 4.69) is 29.9 Å². The van der Waals surface area contributed by atoms with Gasteiger partial charge in [-0.2, -0.15) is 0 Å². The summed E-state index contributed by atoms with van der Waals surface area (Å²) in [5, 5.41) is 5.56. The highest BCUT2D eigenvalue weighted by Gasteiger charge is 2.36. The van der Waals surface area contributed by atoms with Gasteiger partial charge in [0.25, 0.3) is 5.91 Å². The first kappa shape index (κ1) is 16.8. The van der Waals surface area contributed by atoms with Gasteiger partial charge in [0.05, 0.1) is 19.8 Å². The smallest absolute Gasteiger partial charge is 0.354 e. The molecule has 10 nitrogen and oxygen atoms in total. The molecule has 2 aromatic heterocycles. The third-order valence-corrected chi connectivity index (χ3v) is 4.28. The van der Waals surface area contributed by atoms with E-state index in [4.69, 9.17) is 4.74 Å². The molecule has 1 aliphatic rings. The van der Waals surface area contributed by atoms with Gasteiger partial charge in [-0.05, 0) is 12.1 Å². The van der Waals surface area contributed by atoms with E-state index >= 15 is 0 Å². The molecule has 25 heavy (non-hydrogen) atoms. The molecule has 0 saturated heterocycles.